The van der Waals surface area contributed by atoms with Crippen LogP contribution in [0.3, 0.4) is 0 Å². The first kappa shape index (κ1) is 15.2. The molecule has 2 N–H and O–H groups in total. The molecular weight excluding hydrogens is 248 g/mol. The molecule has 1 aromatic carbocycles. The molecule has 1 fully saturated rings. The third-order valence-corrected chi connectivity index (χ3v) is 4.47. The maximum atomic E-state index is 9.07. The zero-order valence-electron chi connectivity index (χ0n) is 12.8. The molecule has 20 heavy (non-hydrogen) atoms. The molecule has 0 amide bonds. The van der Waals surface area contributed by atoms with E-state index in [-0.39, 0.29) is 6.61 Å². The van der Waals surface area contributed by atoms with Crippen LogP contribution in [0.15, 0.2) is 24.3 Å². The molecule has 0 radical (unpaired) electrons. The molecule has 0 aliphatic heterocycles. The summed E-state index contributed by atoms with van der Waals surface area (Å²) in [5.74, 6) is 0.909. The van der Waals surface area contributed by atoms with Crippen molar-refractivity contribution in [3.8, 4) is 0 Å². The molecule has 1 aromatic rings. The number of nitrogens with one attached hydrogen (secondary N) is 1. The summed E-state index contributed by atoms with van der Waals surface area (Å²) in [7, 11) is 0. The highest BCUT2D eigenvalue weighted by Gasteiger charge is 2.22. The van der Waals surface area contributed by atoms with Crippen molar-refractivity contribution in [2.75, 3.05) is 29.9 Å². The monoisotopic (exact) mass is 276 g/mol. The second-order valence-corrected chi connectivity index (χ2v) is 5.78. The van der Waals surface area contributed by atoms with Crippen molar-refractivity contribution in [3.05, 3.63) is 24.3 Å². The summed E-state index contributed by atoms with van der Waals surface area (Å²) in [4.78, 5) is 2.19. The molecule has 0 aromatic heterocycles. The summed E-state index contributed by atoms with van der Waals surface area (Å²) in [6.07, 6.45) is 5.28. The summed E-state index contributed by atoms with van der Waals surface area (Å²) in [6.45, 7) is 6.24. The molecule has 1 saturated carbocycles. The van der Waals surface area contributed by atoms with Crippen LogP contribution in [0.5, 0.6) is 0 Å². The first-order valence-corrected chi connectivity index (χ1v) is 7.99. The summed E-state index contributed by atoms with van der Waals surface area (Å²) < 4.78 is 0. The molecule has 0 spiro atoms. The zero-order valence-corrected chi connectivity index (χ0v) is 12.8. The number of hydrogen-bond acceptors (Lipinski definition) is 3. The van der Waals surface area contributed by atoms with Gasteiger partial charge in [-0.15, -0.1) is 0 Å². The van der Waals surface area contributed by atoms with Crippen molar-refractivity contribution in [1.29, 1.82) is 0 Å². The highest BCUT2D eigenvalue weighted by molar-refractivity contribution is 5.55. The standard InChI is InChI=1S/C17H28N2O/c1-3-14-5-6-16(13-14)18-15-7-9-17(10-8-15)19(4-2)11-12-20/h7-10,14,16,18,20H,3-6,11-13H2,1-2H3. The minimum absolute atomic E-state index is 0.203. The van der Waals surface area contributed by atoms with E-state index in [0.717, 1.165) is 12.5 Å². The van der Waals surface area contributed by atoms with Gasteiger partial charge < -0.3 is 15.3 Å². The highest BCUT2D eigenvalue weighted by atomic mass is 16.3. The molecule has 1 aliphatic carbocycles. The van der Waals surface area contributed by atoms with Gasteiger partial charge in [0, 0.05) is 30.5 Å². The Morgan fingerprint density at radius 3 is 2.50 bits per heavy atom. The van der Waals surface area contributed by atoms with Gasteiger partial charge in [-0.3, -0.25) is 0 Å². The minimum Gasteiger partial charge on any atom is -0.395 e. The van der Waals surface area contributed by atoms with Crippen molar-refractivity contribution >= 4 is 11.4 Å². The Morgan fingerprint density at radius 1 is 1.20 bits per heavy atom. The minimum atomic E-state index is 0.203. The summed E-state index contributed by atoms with van der Waals surface area (Å²) in [5, 5.41) is 12.7. The predicted molar refractivity (Wildman–Crippen MR) is 86.5 cm³/mol. The first-order valence-electron chi connectivity index (χ1n) is 7.99. The predicted octanol–water partition coefficient (Wildman–Crippen LogP) is 3.50. The van der Waals surface area contributed by atoms with Gasteiger partial charge in [-0.1, -0.05) is 13.3 Å². The van der Waals surface area contributed by atoms with Crippen LogP contribution < -0.4 is 10.2 Å². The molecule has 2 unspecified atom stereocenters. The van der Waals surface area contributed by atoms with Gasteiger partial charge in [-0.05, 0) is 56.4 Å². The zero-order chi connectivity index (χ0) is 14.4. The Balaban J connectivity index is 1.91. The summed E-state index contributed by atoms with van der Waals surface area (Å²) in [6, 6.07) is 9.26. The molecule has 3 heteroatoms. The Bertz CT molecular complexity index is 390. The topological polar surface area (TPSA) is 35.5 Å². The van der Waals surface area contributed by atoms with Crippen LogP contribution in [0, 0.1) is 5.92 Å². The summed E-state index contributed by atoms with van der Waals surface area (Å²) in [5.41, 5.74) is 2.40. The summed E-state index contributed by atoms with van der Waals surface area (Å²) >= 11 is 0. The number of likely N-dealkylation sites (N-methyl/N-ethyl adjacent to an activating group) is 1. The van der Waals surface area contributed by atoms with E-state index in [1.54, 1.807) is 0 Å². The van der Waals surface area contributed by atoms with Crippen LogP contribution in [-0.4, -0.2) is 30.8 Å². The van der Waals surface area contributed by atoms with E-state index in [0.29, 0.717) is 12.6 Å². The van der Waals surface area contributed by atoms with Gasteiger partial charge in [0.15, 0.2) is 0 Å². The molecular formula is C17H28N2O. The number of rotatable bonds is 7. The van der Waals surface area contributed by atoms with Crippen LogP contribution in [0.4, 0.5) is 11.4 Å². The van der Waals surface area contributed by atoms with Crippen LogP contribution in [-0.2, 0) is 0 Å². The third-order valence-electron chi connectivity index (χ3n) is 4.47. The van der Waals surface area contributed by atoms with Gasteiger partial charge in [0.2, 0.25) is 0 Å². The second kappa shape index (κ2) is 7.53. The van der Waals surface area contributed by atoms with E-state index >= 15 is 0 Å². The lowest BCUT2D eigenvalue weighted by atomic mass is 10.1. The molecule has 2 atom stereocenters. The Kier molecular flexibility index (Phi) is 5.72. The van der Waals surface area contributed by atoms with E-state index in [2.05, 4.69) is 48.3 Å². The number of hydrogen-bond donors (Lipinski definition) is 2. The number of benzene rings is 1. The average molecular weight is 276 g/mol. The van der Waals surface area contributed by atoms with Crippen LogP contribution in [0.1, 0.15) is 39.5 Å². The van der Waals surface area contributed by atoms with Gasteiger partial charge >= 0.3 is 0 Å². The van der Waals surface area contributed by atoms with Crippen LogP contribution in [0.2, 0.25) is 0 Å². The normalized spacial score (nSPS) is 21.9. The highest BCUT2D eigenvalue weighted by Crippen LogP contribution is 2.30. The maximum absolute atomic E-state index is 9.07. The van der Waals surface area contributed by atoms with Crippen LogP contribution in [0.25, 0.3) is 0 Å². The van der Waals surface area contributed by atoms with E-state index in [4.69, 9.17) is 5.11 Å². The number of aliphatic hydroxyl groups excluding tert-OH is 1. The fraction of sp³-hybridized carbons (Fsp3) is 0.647. The molecule has 0 heterocycles. The molecule has 112 valence electrons. The van der Waals surface area contributed by atoms with Gasteiger partial charge in [0.05, 0.1) is 6.61 Å². The average Bonchev–Trinajstić information content (AvgIpc) is 2.93. The molecule has 3 nitrogen and oxygen atoms in total. The van der Waals surface area contributed by atoms with Crippen molar-refractivity contribution in [2.45, 2.75) is 45.6 Å². The van der Waals surface area contributed by atoms with Crippen molar-refractivity contribution in [3.63, 3.8) is 0 Å². The lowest BCUT2D eigenvalue weighted by Crippen LogP contribution is -2.26. The molecule has 2 rings (SSSR count). The molecule has 1 aliphatic rings. The van der Waals surface area contributed by atoms with Gasteiger partial charge in [-0.2, -0.15) is 0 Å². The van der Waals surface area contributed by atoms with Gasteiger partial charge in [0.1, 0.15) is 0 Å². The fourth-order valence-electron chi connectivity index (χ4n) is 3.17. The van der Waals surface area contributed by atoms with Gasteiger partial charge in [0.25, 0.3) is 0 Å². The third kappa shape index (κ3) is 3.89. The number of aliphatic hydroxyl groups is 1. The second-order valence-electron chi connectivity index (χ2n) is 5.78. The van der Waals surface area contributed by atoms with Crippen molar-refractivity contribution < 1.29 is 5.11 Å². The number of nitrogens with zero attached hydrogens (tertiary/aromatic N) is 1. The SMILES string of the molecule is CCC1CCC(Nc2ccc(N(CC)CCO)cc2)C1. The fourth-order valence-corrected chi connectivity index (χ4v) is 3.17. The molecule has 0 bridgehead atoms. The maximum Gasteiger partial charge on any atom is 0.0606 e. The van der Waals surface area contributed by atoms with E-state index in [1.807, 2.05) is 0 Å². The molecule has 0 saturated heterocycles. The van der Waals surface area contributed by atoms with E-state index < -0.39 is 0 Å². The number of anilines is 2. The quantitative estimate of drug-likeness (QED) is 0.800. The van der Waals surface area contributed by atoms with E-state index in [1.165, 1.54) is 37.1 Å². The largest absolute Gasteiger partial charge is 0.395 e. The Morgan fingerprint density at radius 2 is 1.95 bits per heavy atom. The van der Waals surface area contributed by atoms with Gasteiger partial charge in [-0.25, -0.2) is 0 Å². The smallest absolute Gasteiger partial charge is 0.0606 e. The Labute approximate surface area is 123 Å². The van der Waals surface area contributed by atoms with Crippen LogP contribution >= 0.6 is 0 Å². The Hall–Kier alpha value is -1.22. The lowest BCUT2D eigenvalue weighted by Gasteiger charge is -2.22. The van der Waals surface area contributed by atoms with E-state index in [9.17, 15) is 0 Å². The van der Waals surface area contributed by atoms with Crippen molar-refractivity contribution in [2.24, 2.45) is 5.92 Å². The van der Waals surface area contributed by atoms with Crippen molar-refractivity contribution in [1.82, 2.24) is 0 Å². The lowest BCUT2D eigenvalue weighted by molar-refractivity contribution is 0.302. The first-order chi connectivity index (χ1) is 9.76.